The molecule has 138 valence electrons. The van der Waals surface area contributed by atoms with Crippen LogP contribution in [0.4, 0.5) is 9.18 Å². The molecule has 2 rings (SSSR count). The highest BCUT2D eigenvalue weighted by Gasteiger charge is 2.06. The van der Waals surface area contributed by atoms with Crippen molar-refractivity contribution in [2.75, 3.05) is 6.61 Å². The molecule has 0 unspecified atom stereocenters. The van der Waals surface area contributed by atoms with Crippen LogP contribution in [0.5, 0.6) is 5.88 Å². The molecule has 0 saturated heterocycles. The Morgan fingerprint density at radius 1 is 1.08 bits per heavy atom. The van der Waals surface area contributed by atoms with E-state index < -0.39 is 11.9 Å². The largest absolute Gasteiger partial charge is 0.478 e. The van der Waals surface area contributed by atoms with Gasteiger partial charge in [-0.05, 0) is 29.7 Å². The van der Waals surface area contributed by atoms with E-state index >= 15 is 0 Å². The molecule has 0 radical (unpaired) electrons. The van der Waals surface area contributed by atoms with Crippen molar-refractivity contribution in [3.63, 3.8) is 0 Å². The minimum Gasteiger partial charge on any atom is -0.478 e. The van der Waals surface area contributed by atoms with Crippen molar-refractivity contribution >= 4 is 11.9 Å². The van der Waals surface area contributed by atoms with Gasteiger partial charge in [-0.2, -0.15) is 0 Å². The van der Waals surface area contributed by atoms with Gasteiger partial charge in [-0.25, -0.2) is 19.6 Å². The first kappa shape index (κ1) is 19.2. The summed E-state index contributed by atoms with van der Waals surface area (Å²) >= 11 is 0. The lowest BCUT2D eigenvalue weighted by molar-refractivity contribution is -0.121. The average molecular weight is 360 g/mol. The summed E-state index contributed by atoms with van der Waals surface area (Å²) < 4.78 is 18.2. The number of pyridine rings is 1. The molecule has 1 heterocycles. The van der Waals surface area contributed by atoms with Crippen LogP contribution in [0.1, 0.15) is 24.5 Å². The van der Waals surface area contributed by atoms with E-state index in [1.807, 2.05) is 6.92 Å². The highest BCUT2D eigenvalue weighted by atomic mass is 19.1. The van der Waals surface area contributed by atoms with Crippen LogP contribution in [-0.4, -0.2) is 23.5 Å². The second-order valence-corrected chi connectivity index (χ2v) is 5.51. The molecule has 0 fully saturated rings. The second-order valence-electron chi connectivity index (χ2n) is 5.51. The summed E-state index contributed by atoms with van der Waals surface area (Å²) in [5.41, 5.74) is 5.97. The number of hydrogen-bond acceptors (Lipinski definition) is 4. The van der Waals surface area contributed by atoms with Crippen LogP contribution in [0, 0.1) is 5.82 Å². The Morgan fingerprint density at radius 3 is 2.46 bits per heavy atom. The maximum Gasteiger partial charge on any atom is 0.333 e. The summed E-state index contributed by atoms with van der Waals surface area (Å²) in [4.78, 5) is 27.6. The van der Waals surface area contributed by atoms with E-state index in [4.69, 9.17) is 4.74 Å². The first-order chi connectivity index (χ1) is 12.6. The molecule has 0 atom stereocenters. The third kappa shape index (κ3) is 6.76. The predicted molar refractivity (Wildman–Crippen MR) is 93.6 cm³/mol. The minimum atomic E-state index is -0.552. The molecule has 26 heavy (non-hydrogen) atoms. The van der Waals surface area contributed by atoms with Gasteiger partial charge in [0.15, 0.2) is 0 Å². The number of amides is 3. The zero-order chi connectivity index (χ0) is 18.8. The molecule has 0 saturated carbocycles. The van der Waals surface area contributed by atoms with Crippen LogP contribution in [-0.2, 0) is 17.8 Å². The van der Waals surface area contributed by atoms with E-state index in [1.54, 1.807) is 18.3 Å². The number of carbonyl (C=O) groups is 2. The average Bonchev–Trinajstić information content (AvgIpc) is 2.65. The van der Waals surface area contributed by atoms with E-state index in [0.29, 0.717) is 18.1 Å². The molecule has 8 heteroatoms. The van der Waals surface area contributed by atoms with Crippen molar-refractivity contribution in [2.45, 2.75) is 26.3 Å². The summed E-state index contributed by atoms with van der Waals surface area (Å²) in [6.45, 7) is 2.86. The van der Waals surface area contributed by atoms with Crippen LogP contribution in [0.25, 0.3) is 0 Å². The molecule has 1 aromatic carbocycles. The number of aromatic nitrogens is 1. The van der Waals surface area contributed by atoms with Gasteiger partial charge in [0, 0.05) is 18.8 Å². The Labute approximate surface area is 150 Å². The molecule has 0 spiro atoms. The standard InChI is InChI=1S/C18H21FN4O3/c1-2-9-26-17-8-5-14(11-20-17)12-21-18(25)23-22-16(24)10-13-3-6-15(19)7-4-13/h3-8,11H,2,9-10,12H2,1H3,(H,22,24)(H2,21,23,25). The molecule has 1 aromatic heterocycles. The fraction of sp³-hybridized carbons (Fsp3) is 0.278. The number of halogens is 1. The highest BCUT2D eigenvalue weighted by Crippen LogP contribution is 2.07. The van der Waals surface area contributed by atoms with E-state index in [-0.39, 0.29) is 18.8 Å². The van der Waals surface area contributed by atoms with Crippen molar-refractivity contribution < 1.29 is 18.7 Å². The number of hydrazine groups is 1. The van der Waals surface area contributed by atoms with Crippen molar-refractivity contribution in [3.05, 3.63) is 59.5 Å². The minimum absolute atomic E-state index is 0.0315. The maximum absolute atomic E-state index is 12.8. The first-order valence-corrected chi connectivity index (χ1v) is 8.21. The number of rotatable bonds is 7. The summed E-state index contributed by atoms with van der Waals surface area (Å²) in [6.07, 6.45) is 2.54. The molecule has 0 aliphatic rings. The van der Waals surface area contributed by atoms with Crippen molar-refractivity contribution in [1.82, 2.24) is 21.2 Å². The third-order valence-electron chi connectivity index (χ3n) is 3.30. The fourth-order valence-corrected chi connectivity index (χ4v) is 1.99. The lowest BCUT2D eigenvalue weighted by Crippen LogP contribution is -2.47. The van der Waals surface area contributed by atoms with Gasteiger partial charge in [0.05, 0.1) is 13.0 Å². The predicted octanol–water partition coefficient (Wildman–Crippen LogP) is 2.08. The highest BCUT2D eigenvalue weighted by molar-refractivity contribution is 5.82. The van der Waals surface area contributed by atoms with Crippen LogP contribution < -0.4 is 20.9 Å². The second kappa shape index (κ2) is 9.97. The number of urea groups is 1. The topological polar surface area (TPSA) is 92.4 Å². The smallest absolute Gasteiger partial charge is 0.333 e. The van der Waals surface area contributed by atoms with Crippen molar-refractivity contribution in [2.24, 2.45) is 0 Å². The third-order valence-corrected chi connectivity index (χ3v) is 3.30. The van der Waals surface area contributed by atoms with Gasteiger partial charge in [-0.1, -0.05) is 25.1 Å². The summed E-state index contributed by atoms with van der Waals surface area (Å²) in [5.74, 6) is -0.245. The lowest BCUT2D eigenvalue weighted by atomic mass is 10.1. The Hall–Kier alpha value is -3.16. The van der Waals surface area contributed by atoms with Crippen molar-refractivity contribution in [3.8, 4) is 5.88 Å². The van der Waals surface area contributed by atoms with Gasteiger partial charge >= 0.3 is 6.03 Å². The quantitative estimate of drug-likeness (QED) is 0.659. The molecule has 3 N–H and O–H groups in total. The van der Waals surface area contributed by atoms with Crippen molar-refractivity contribution in [1.29, 1.82) is 0 Å². The normalized spacial score (nSPS) is 10.1. The maximum atomic E-state index is 12.8. The molecule has 7 nitrogen and oxygen atoms in total. The molecule has 0 aliphatic carbocycles. The molecule has 0 bridgehead atoms. The monoisotopic (exact) mass is 360 g/mol. The van der Waals surface area contributed by atoms with Crippen LogP contribution in [0.2, 0.25) is 0 Å². The van der Waals surface area contributed by atoms with Crippen LogP contribution in [0.3, 0.4) is 0 Å². The number of nitrogens with zero attached hydrogens (tertiary/aromatic N) is 1. The number of ether oxygens (including phenoxy) is 1. The zero-order valence-corrected chi connectivity index (χ0v) is 14.4. The molecular weight excluding hydrogens is 339 g/mol. The molecule has 0 aliphatic heterocycles. The molecule has 3 amide bonds. The summed E-state index contributed by atoms with van der Waals surface area (Å²) in [6, 6.07) is 8.54. The van der Waals surface area contributed by atoms with E-state index in [1.165, 1.54) is 24.3 Å². The van der Waals surface area contributed by atoms with E-state index in [0.717, 1.165) is 12.0 Å². The zero-order valence-electron chi connectivity index (χ0n) is 14.4. The Morgan fingerprint density at radius 2 is 1.81 bits per heavy atom. The Bertz CT molecular complexity index is 720. The number of carbonyl (C=O) groups excluding carboxylic acids is 2. The first-order valence-electron chi connectivity index (χ1n) is 8.21. The Kier molecular flexibility index (Phi) is 7.35. The fourth-order valence-electron chi connectivity index (χ4n) is 1.99. The SMILES string of the molecule is CCCOc1ccc(CNC(=O)NNC(=O)Cc2ccc(F)cc2)cn1. The summed E-state index contributed by atoms with van der Waals surface area (Å²) in [7, 11) is 0. The lowest BCUT2D eigenvalue weighted by Gasteiger charge is -2.09. The van der Waals surface area contributed by atoms with Gasteiger partial charge in [-0.3, -0.25) is 10.2 Å². The van der Waals surface area contributed by atoms with Crippen LogP contribution in [0.15, 0.2) is 42.6 Å². The van der Waals surface area contributed by atoms with E-state index in [2.05, 4.69) is 21.2 Å². The van der Waals surface area contributed by atoms with E-state index in [9.17, 15) is 14.0 Å². The Balaban J connectivity index is 1.68. The number of nitrogens with one attached hydrogen (secondary N) is 3. The van der Waals surface area contributed by atoms with Gasteiger partial charge < -0.3 is 10.1 Å². The van der Waals surface area contributed by atoms with Crippen LogP contribution >= 0.6 is 0 Å². The van der Waals surface area contributed by atoms with Gasteiger partial charge in [0.25, 0.3) is 0 Å². The number of benzene rings is 1. The molecule has 2 aromatic rings. The van der Waals surface area contributed by atoms with Gasteiger partial charge in [0.2, 0.25) is 11.8 Å². The van der Waals surface area contributed by atoms with Gasteiger partial charge in [-0.15, -0.1) is 0 Å². The molecular formula is C18H21FN4O3. The van der Waals surface area contributed by atoms with Gasteiger partial charge in [0.1, 0.15) is 5.82 Å². The number of hydrogen-bond donors (Lipinski definition) is 3. The summed E-state index contributed by atoms with van der Waals surface area (Å²) in [5, 5.41) is 2.59.